The monoisotopic (exact) mass is 291 g/mol. The van der Waals surface area contributed by atoms with Crippen molar-refractivity contribution >= 4 is 46.5 Å². The summed E-state index contributed by atoms with van der Waals surface area (Å²) in [5, 5.41) is 0. The van der Waals surface area contributed by atoms with Crippen LogP contribution in [-0.2, 0) is 0 Å². The molecule has 12 heavy (non-hydrogen) atoms. The summed E-state index contributed by atoms with van der Waals surface area (Å²) in [7, 11) is 0. The van der Waals surface area contributed by atoms with Crippen molar-refractivity contribution in [2.45, 2.75) is 13.8 Å². The summed E-state index contributed by atoms with van der Waals surface area (Å²) in [5.74, 6) is 0. The van der Waals surface area contributed by atoms with Crippen LogP contribution in [0.25, 0.3) is 0 Å². The van der Waals surface area contributed by atoms with Crippen LogP contribution in [0, 0.1) is 17.4 Å². The number of benzene rings is 1. The SMILES string of the molecule is Cc1cc(N=CS)cc(C)c1I. The molecule has 0 aliphatic carbocycles. The standard InChI is InChI=1S/C9H10INS/c1-6-3-8(11-5-12)4-7(2)9(6)10/h3-5H,1-2H3,(H,11,12). The molecule has 0 saturated carbocycles. The first-order valence-corrected chi connectivity index (χ1v) is 5.18. The van der Waals surface area contributed by atoms with Gasteiger partial charge in [0.1, 0.15) is 0 Å². The molecule has 0 heterocycles. The number of hydrogen-bond acceptors (Lipinski definition) is 1. The summed E-state index contributed by atoms with van der Waals surface area (Å²) in [4.78, 5) is 4.11. The van der Waals surface area contributed by atoms with Gasteiger partial charge in [-0.1, -0.05) is 0 Å². The van der Waals surface area contributed by atoms with Gasteiger partial charge in [0.05, 0.1) is 11.2 Å². The van der Waals surface area contributed by atoms with Crippen LogP contribution in [0.15, 0.2) is 17.1 Å². The molecule has 0 saturated heterocycles. The topological polar surface area (TPSA) is 12.4 Å². The van der Waals surface area contributed by atoms with Crippen molar-refractivity contribution in [1.82, 2.24) is 0 Å². The lowest BCUT2D eigenvalue weighted by Crippen LogP contribution is -1.84. The zero-order valence-electron chi connectivity index (χ0n) is 7.00. The fraction of sp³-hybridized carbons (Fsp3) is 0.222. The number of rotatable bonds is 1. The Kier molecular flexibility index (Phi) is 3.58. The van der Waals surface area contributed by atoms with Crippen LogP contribution in [0.4, 0.5) is 5.69 Å². The second-order valence-corrected chi connectivity index (χ2v) is 3.95. The number of hydrogen-bond donors (Lipinski definition) is 1. The van der Waals surface area contributed by atoms with Crippen molar-refractivity contribution in [3.05, 3.63) is 26.8 Å². The Balaban J connectivity index is 3.21. The highest BCUT2D eigenvalue weighted by atomic mass is 127. The van der Waals surface area contributed by atoms with E-state index in [0.29, 0.717) is 0 Å². The third-order valence-corrected chi connectivity index (χ3v) is 3.45. The molecule has 0 fully saturated rings. The Bertz CT molecular complexity index is 297. The van der Waals surface area contributed by atoms with Gasteiger partial charge in [0.15, 0.2) is 0 Å². The van der Waals surface area contributed by atoms with Gasteiger partial charge >= 0.3 is 0 Å². The molecule has 0 aliphatic rings. The van der Waals surface area contributed by atoms with E-state index in [0.717, 1.165) is 5.69 Å². The van der Waals surface area contributed by atoms with E-state index in [1.807, 2.05) is 0 Å². The molecular weight excluding hydrogens is 281 g/mol. The number of aryl methyl sites for hydroxylation is 2. The fourth-order valence-electron chi connectivity index (χ4n) is 1.06. The van der Waals surface area contributed by atoms with E-state index >= 15 is 0 Å². The molecule has 0 N–H and O–H groups in total. The van der Waals surface area contributed by atoms with Gasteiger partial charge < -0.3 is 0 Å². The molecule has 1 nitrogen and oxygen atoms in total. The van der Waals surface area contributed by atoms with E-state index in [2.05, 4.69) is 66.2 Å². The predicted octanol–water partition coefficient (Wildman–Crippen LogP) is 3.50. The maximum atomic E-state index is 4.11. The highest BCUT2D eigenvalue weighted by molar-refractivity contribution is 14.1. The van der Waals surface area contributed by atoms with Gasteiger partial charge in [0.25, 0.3) is 0 Å². The average Bonchev–Trinajstić information content (AvgIpc) is 2.01. The summed E-state index contributed by atoms with van der Waals surface area (Å²) in [6, 6.07) is 4.11. The van der Waals surface area contributed by atoms with Crippen molar-refractivity contribution in [2.75, 3.05) is 0 Å². The van der Waals surface area contributed by atoms with Crippen LogP contribution in [0.2, 0.25) is 0 Å². The van der Waals surface area contributed by atoms with Crippen molar-refractivity contribution in [1.29, 1.82) is 0 Å². The summed E-state index contributed by atoms with van der Waals surface area (Å²) in [5.41, 5.74) is 5.02. The highest BCUT2D eigenvalue weighted by Crippen LogP contribution is 2.23. The molecule has 1 aromatic carbocycles. The lowest BCUT2D eigenvalue weighted by Gasteiger charge is -2.03. The predicted molar refractivity (Wildman–Crippen MR) is 65.8 cm³/mol. The quantitative estimate of drug-likeness (QED) is 0.352. The molecule has 1 aromatic rings. The Morgan fingerprint density at radius 3 is 2.25 bits per heavy atom. The van der Waals surface area contributed by atoms with Crippen LogP contribution < -0.4 is 0 Å². The molecule has 0 bridgehead atoms. The van der Waals surface area contributed by atoms with Crippen molar-refractivity contribution in [3.8, 4) is 0 Å². The highest BCUT2D eigenvalue weighted by Gasteiger charge is 1.99. The minimum atomic E-state index is 0.973. The van der Waals surface area contributed by atoms with E-state index in [9.17, 15) is 0 Å². The first kappa shape index (κ1) is 10.1. The normalized spacial score (nSPS) is 11.0. The molecule has 1 rings (SSSR count). The van der Waals surface area contributed by atoms with Crippen LogP contribution in [0.1, 0.15) is 11.1 Å². The van der Waals surface area contributed by atoms with Gasteiger partial charge in [-0.2, -0.15) is 0 Å². The van der Waals surface area contributed by atoms with Crippen molar-refractivity contribution in [2.24, 2.45) is 4.99 Å². The third kappa shape index (κ3) is 2.23. The lowest BCUT2D eigenvalue weighted by atomic mass is 10.1. The van der Waals surface area contributed by atoms with Gasteiger partial charge in [-0.05, 0) is 59.7 Å². The van der Waals surface area contributed by atoms with Crippen molar-refractivity contribution < 1.29 is 0 Å². The van der Waals surface area contributed by atoms with E-state index in [4.69, 9.17) is 0 Å². The Morgan fingerprint density at radius 2 is 1.83 bits per heavy atom. The van der Waals surface area contributed by atoms with Gasteiger partial charge in [-0.25, -0.2) is 0 Å². The number of aliphatic imine (C=N–C) groups is 1. The first-order valence-electron chi connectivity index (χ1n) is 3.58. The number of thiol groups is 1. The minimum absolute atomic E-state index is 0.973. The van der Waals surface area contributed by atoms with E-state index in [1.165, 1.54) is 20.2 Å². The molecule has 0 aliphatic heterocycles. The number of nitrogens with zero attached hydrogens (tertiary/aromatic N) is 1. The molecule has 0 amide bonds. The van der Waals surface area contributed by atoms with Crippen molar-refractivity contribution in [3.63, 3.8) is 0 Å². The van der Waals surface area contributed by atoms with Crippen LogP contribution in [0.5, 0.6) is 0 Å². The smallest absolute Gasteiger partial charge is 0.0641 e. The second-order valence-electron chi connectivity index (χ2n) is 2.64. The first-order chi connectivity index (χ1) is 5.65. The molecular formula is C9H10INS. The third-order valence-electron chi connectivity index (χ3n) is 1.63. The molecule has 0 aromatic heterocycles. The summed E-state index contributed by atoms with van der Waals surface area (Å²) < 4.78 is 1.31. The lowest BCUT2D eigenvalue weighted by molar-refractivity contribution is 1.32. The number of halogens is 1. The maximum absolute atomic E-state index is 4.11. The summed E-state index contributed by atoms with van der Waals surface area (Å²) in [6.45, 7) is 4.18. The summed E-state index contributed by atoms with van der Waals surface area (Å²) >= 11 is 6.28. The van der Waals surface area contributed by atoms with Crippen LogP contribution in [-0.4, -0.2) is 5.55 Å². The van der Waals surface area contributed by atoms with E-state index < -0.39 is 0 Å². The molecule has 64 valence electrons. The average molecular weight is 291 g/mol. The minimum Gasteiger partial charge on any atom is -0.250 e. The maximum Gasteiger partial charge on any atom is 0.0641 e. The molecule has 0 atom stereocenters. The van der Waals surface area contributed by atoms with E-state index in [-0.39, 0.29) is 0 Å². The van der Waals surface area contributed by atoms with E-state index in [1.54, 1.807) is 0 Å². The Labute approximate surface area is 91.8 Å². The Morgan fingerprint density at radius 1 is 1.33 bits per heavy atom. The molecule has 0 spiro atoms. The van der Waals surface area contributed by atoms with Gasteiger partial charge in [0.2, 0.25) is 0 Å². The van der Waals surface area contributed by atoms with Gasteiger partial charge in [0, 0.05) is 3.57 Å². The Hall–Kier alpha value is -0.0300. The second kappa shape index (κ2) is 4.28. The van der Waals surface area contributed by atoms with Gasteiger partial charge in [-0.3, -0.25) is 4.99 Å². The van der Waals surface area contributed by atoms with Crippen LogP contribution >= 0.6 is 35.2 Å². The zero-order chi connectivity index (χ0) is 9.14. The molecule has 0 radical (unpaired) electrons. The fourth-order valence-corrected chi connectivity index (χ4v) is 1.51. The molecule has 0 unspecified atom stereocenters. The molecule has 3 heteroatoms. The summed E-state index contributed by atoms with van der Waals surface area (Å²) in [6.07, 6.45) is 0. The zero-order valence-corrected chi connectivity index (χ0v) is 10.1. The van der Waals surface area contributed by atoms with Crippen LogP contribution in [0.3, 0.4) is 0 Å². The largest absolute Gasteiger partial charge is 0.250 e. The van der Waals surface area contributed by atoms with Gasteiger partial charge in [-0.15, -0.1) is 12.6 Å².